The first-order valence-electron chi connectivity index (χ1n) is 10.9. The molecule has 184 valence electrons. The molecule has 2 aliphatic rings. The molecule has 0 aliphatic carbocycles. The van der Waals surface area contributed by atoms with Gasteiger partial charge in [-0.15, -0.1) is 0 Å². The number of benzene rings is 1. The van der Waals surface area contributed by atoms with E-state index in [0.717, 1.165) is 25.1 Å². The predicted molar refractivity (Wildman–Crippen MR) is 118 cm³/mol. The minimum atomic E-state index is -4.45. The summed E-state index contributed by atoms with van der Waals surface area (Å²) in [5, 5.41) is 0. The summed E-state index contributed by atoms with van der Waals surface area (Å²) < 4.78 is 71.5. The number of hydrogen-bond acceptors (Lipinski definition) is 6. The van der Waals surface area contributed by atoms with Gasteiger partial charge < -0.3 is 14.5 Å². The molecule has 0 radical (unpaired) electrons. The summed E-state index contributed by atoms with van der Waals surface area (Å²) in [6, 6.07) is 8.17. The van der Waals surface area contributed by atoms with Crippen LogP contribution in [-0.4, -0.2) is 69.6 Å². The van der Waals surface area contributed by atoms with E-state index in [0.29, 0.717) is 38.6 Å². The van der Waals surface area contributed by atoms with Gasteiger partial charge in [-0.1, -0.05) is 6.07 Å². The van der Waals surface area contributed by atoms with Gasteiger partial charge in [-0.3, -0.25) is 4.79 Å². The summed E-state index contributed by atoms with van der Waals surface area (Å²) in [7, 11) is -3.79. The van der Waals surface area contributed by atoms with Crippen molar-refractivity contribution in [1.82, 2.24) is 14.6 Å². The lowest BCUT2D eigenvalue weighted by molar-refractivity contribution is -0.137. The average Bonchev–Trinajstić information content (AvgIpc) is 3.36. The van der Waals surface area contributed by atoms with Crippen LogP contribution in [0.5, 0.6) is 0 Å². The monoisotopic (exact) mass is 498 g/mol. The number of hydrogen-bond donors (Lipinski definition) is 1. The summed E-state index contributed by atoms with van der Waals surface area (Å²) >= 11 is 0. The molecular weight excluding hydrogens is 473 g/mol. The average molecular weight is 499 g/mol. The number of ether oxygens (including phenoxy) is 1. The number of carbonyl (C=O) groups excluding carboxylic acids is 1. The van der Waals surface area contributed by atoms with Gasteiger partial charge in [0.05, 0.1) is 16.6 Å². The molecule has 0 saturated carbocycles. The molecule has 1 aromatic carbocycles. The molecule has 1 aromatic heterocycles. The zero-order chi connectivity index (χ0) is 24.3. The van der Waals surface area contributed by atoms with Crippen LogP contribution in [0.2, 0.25) is 0 Å². The van der Waals surface area contributed by atoms with Crippen LogP contribution in [-0.2, 0) is 20.9 Å². The summed E-state index contributed by atoms with van der Waals surface area (Å²) in [4.78, 5) is 20.3. The van der Waals surface area contributed by atoms with E-state index in [9.17, 15) is 26.4 Å². The summed E-state index contributed by atoms with van der Waals surface area (Å²) in [5.41, 5.74) is -0.564. The van der Waals surface area contributed by atoms with Gasteiger partial charge in [0, 0.05) is 51.1 Å². The van der Waals surface area contributed by atoms with Crippen LogP contribution in [0.25, 0.3) is 0 Å². The molecule has 2 aliphatic heterocycles. The molecule has 4 rings (SSSR count). The Kier molecular flexibility index (Phi) is 7.10. The number of piperazine rings is 1. The van der Waals surface area contributed by atoms with Crippen molar-refractivity contribution < 1.29 is 31.1 Å². The molecule has 1 atom stereocenters. The van der Waals surface area contributed by atoms with Crippen molar-refractivity contribution in [2.45, 2.75) is 30.0 Å². The quantitative estimate of drug-likeness (QED) is 0.658. The molecule has 1 N–H and O–H groups in total. The summed E-state index contributed by atoms with van der Waals surface area (Å²) in [6.45, 7) is 2.25. The minimum absolute atomic E-state index is 0.00365. The van der Waals surface area contributed by atoms with E-state index in [1.165, 1.54) is 24.3 Å². The lowest BCUT2D eigenvalue weighted by Gasteiger charge is -2.35. The van der Waals surface area contributed by atoms with Crippen LogP contribution in [0, 0.1) is 0 Å². The number of pyridine rings is 1. The van der Waals surface area contributed by atoms with Gasteiger partial charge in [-0.25, -0.2) is 18.1 Å². The second-order valence-electron chi connectivity index (χ2n) is 8.20. The van der Waals surface area contributed by atoms with Gasteiger partial charge in [0.25, 0.3) is 5.91 Å². The van der Waals surface area contributed by atoms with Crippen molar-refractivity contribution in [2.75, 3.05) is 44.2 Å². The first-order chi connectivity index (χ1) is 16.1. The van der Waals surface area contributed by atoms with Crippen molar-refractivity contribution in [3.05, 3.63) is 53.7 Å². The van der Waals surface area contributed by atoms with Gasteiger partial charge in [-0.2, -0.15) is 13.2 Å². The Balaban J connectivity index is 1.36. The maximum absolute atomic E-state index is 13.0. The molecule has 0 spiro atoms. The molecule has 12 heteroatoms. The van der Waals surface area contributed by atoms with E-state index < -0.39 is 21.8 Å². The smallest absolute Gasteiger partial charge is 0.377 e. The van der Waals surface area contributed by atoms with Crippen molar-refractivity contribution in [3.63, 3.8) is 0 Å². The number of aromatic nitrogens is 1. The van der Waals surface area contributed by atoms with E-state index >= 15 is 0 Å². The predicted octanol–water partition coefficient (Wildman–Crippen LogP) is 2.52. The van der Waals surface area contributed by atoms with Gasteiger partial charge in [0.15, 0.2) is 0 Å². The van der Waals surface area contributed by atoms with Crippen molar-refractivity contribution >= 4 is 21.7 Å². The van der Waals surface area contributed by atoms with Gasteiger partial charge in [-0.05, 0) is 43.2 Å². The first kappa shape index (κ1) is 24.4. The third kappa shape index (κ3) is 5.68. The Labute approximate surface area is 195 Å². The summed E-state index contributed by atoms with van der Waals surface area (Å²) in [6.07, 6.45) is -2.09. The number of nitrogens with one attached hydrogen (secondary N) is 1. The lowest BCUT2D eigenvalue weighted by Crippen LogP contribution is -2.49. The SMILES string of the molecule is O=C(c1cccc(S(=O)(=O)NCC2CCCO2)c1)N1CCN(c2ccc(C(F)(F)F)cn2)CC1. The molecule has 1 amide bonds. The lowest BCUT2D eigenvalue weighted by atomic mass is 10.2. The van der Waals surface area contributed by atoms with Crippen LogP contribution in [0.4, 0.5) is 19.0 Å². The fourth-order valence-corrected chi connectivity index (χ4v) is 5.06. The molecule has 3 heterocycles. The van der Waals surface area contributed by atoms with Crippen molar-refractivity contribution in [3.8, 4) is 0 Å². The fourth-order valence-electron chi connectivity index (χ4n) is 3.95. The third-order valence-corrected chi connectivity index (χ3v) is 7.30. The molecule has 1 unspecified atom stereocenters. The Morgan fingerprint density at radius 3 is 2.53 bits per heavy atom. The number of carbonyl (C=O) groups is 1. The Bertz CT molecular complexity index is 1110. The van der Waals surface area contributed by atoms with Crippen LogP contribution >= 0.6 is 0 Å². The van der Waals surface area contributed by atoms with Crippen LogP contribution < -0.4 is 9.62 Å². The number of alkyl halides is 3. The normalized spacial score (nSPS) is 19.4. The molecule has 0 bridgehead atoms. The Morgan fingerprint density at radius 1 is 1.15 bits per heavy atom. The van der Waals surface area contributed by atoms with Crippen LogP contribution in [0.15, 0.2) is 47.5 Å². The highest BCUT2D eigenvalue weighted by Crippen LogP contribution is 2.29. The number of anilines is 1. The second-order valence-corrected chi connectivity index (χ2v) is 9.96. The number of rotatable bonds is 6. The molecule has 2 fully saturated rings. The zero-order valence-electron chi connectivity index (χ0n) is 18.3. The van der Waals surface area contributed by atoms with Crippen molar-refractivity contribution in [1.29, 1.82) is 0 Å². The van der Waals surface area contributed by atoms with E-state index in [2.05, 4.69) is 9.71 Å². The topological polar surface area (TPSA) is 91.8 Å². The maximum atomic E-state index is 13.0. The first-order valence-corrected chi connectivity index (χ1v) is 12.4. The van der Waals surface area contributed by atoms with Crippen LogP contribution in [0.1, 0.15) is 28.8 Å². The van der Waals surface area contributed by atoms with Gasteiger partial charge >= 0.3 is 6.18 Å². The molecule has 2 saturated heterocycles. The largest absolute Gasteiger partial charge is 0.417 e. The van der Waals surface area contributed by atoms with E-state index in [1.54, 1.807) is 15.9 Å². The van der Waals surface area contributed by atoms with Crippen molar-refractivity contribution in [2.24, 2.45) is 0 Å². The Hall–Kier alpha value is -2.70. The number of halogens is 3. The third-order valence-electron chi connectivity index (χ3n) is 5.88. The highest BCUT2D eigenvalue weighted by atomic mass is 32.2. The molecule has 2 aromatic rings. The maximum Gasteiger partial charge on any atom is 0.417 e. The number of nitrogens with zero attached hydrogens (tertiary/aromatic N) is 3. The Morgan fingerprint density at radius 2 is 1.91 bits per heavy atom. The molecule has 8 nitrogen and oxygen atoms in total. The minimum Gasteiger partial charge on any atom is -0.377 e. The van der Waals surface area contributed by atoms with E-state index in [-0.39, 0.29) is 29.0 Å². The highest BCUT2D eigenvalue weighted by Gasteiger charge is 2.31. The van der Waals surface area contributed by atoms with Gasteiger partial charge in [0.2, 0.25) is 10.0 Å². The van der Waals surface area contributed by atoms with Gasteiger partial charge in [0.1, 0.15) is 5.82 Å². The molecular formula is C22H25F3N4O4S. The van der Waals surface area contributed by atoms with E-state index in [1.807, 2.05) is 0 Å². The number of sulfonamides is 1. The zero-order valence-corrected chi connectivity index (χ0v) is 19.1. The molecule has 34 heavy (non-hydrogen) atoms. The number of amides is 1. The standard InChI is InChI=1S/C22H25F3N4O4S/c23-22(24,25)17-6-7-20(26-14-17)28-8-10-29(11-9-28)21(30)16-3-1-5-19(13-16)34(31,32)27-15-18-4-2-12-33-18/h1,3,5-7,13-14,18,27H,2,4,8-12,15H2. The summed E-state index contributed by atoms with van der Waals surface area (Å²) in [5.74, 6) is 0.0988. The second kappa shape index (κ2) is 9.88. The fraction of sp³-hybridized carbons (Fsp3) is 0.455. The van der Waals surface area contributed by atoms with Crippen LogP contribution in [0.3, 0.4) is 0 Å². The highest BCUT2D eigenvalue weighted by molar-refractivity contribution is 7.89. The van der Waals surface area contributed by atoms with E-state index in [4.69, 9.17) is 4.74 Å².